The van der Waals surface area contributed by atoms with E-state index in [-0.39, 0.29) is 9.67 Å². The highest BCUT2D eigenvalue weighted by atomic mass is 127. The molecule has 0 fully saturated rings. The van der Waals surface area contributed by atoms with Crippen LogP contribution in [0, 0.1) is 0 Å². The van der Waals surface area contributed by atoms with Crippen molar-refractivity contribution >= 4 is 33.9 Å². The van der Waals surface area contributed by atoms with Gasteiger partial charge in [-0.1, -0.05) is 52.9 Å². The molecule has 1 aliphatic carbocycles. The van der Waals surface area contributed by atoms with E-state index in [1.165, 1.54) is 17.7 Å². The van der Waals surface area contributed by atoms with Crippen LogP contribution in [0.15, 0.2) is 53.9 Å². The van der Waals surface area contributed by atoms with E-state index in [1.54, 1.807) is 17.4 Å². The molecule has 6 heteroatoms. The molecule has 4 rings (SSSR count). The summed E-state index contributed by atoms with van der Waals surface area (Å²) in [7, 11) is 0. The van der Waals surface area contributed by atoms with E-state index < -0.39 is 6.36 Å². The summed E-state index contributed by atoms with van der Waals surface area (Å²) in [6, 6.07) is 14.7. The van der Waals surface area contributed by atoms with Crippen LogP contribution in [0.3, 0.4) is 0 Å². The van der Waals surface area contributed by atoms with E-state index >= 15 is 0 Å². The first kappa shape index (κ1) is 16.0. The largest absolute Gasteiger partial charge is 0.573 e. The molecular weight excluding hydrogens is 448 g/mol. The molecule has 0 aliphatic heterocycles. The van der Waals surface area contributed by atoms with E-state index in [1.807, 2.05) is 23.6 Å². The first-order valence-corrected chi connectivity index (χ1v) is 9.27. The minimum atomic E-state index is -4.69. The molecule has 0 saturated carbocycles. The first-order chi connectivity index (χ1) is 11.4. The number of hydrogen-bond acceptors (Lipinski definition) is 2. The smallest absolute Gasteiger partial charge is 0.406 e. The number of rotatable bonds is 1. The highest BCUT2D eigenvalue weighted by Gasteiger charge is 2.32. The fraction of sp³-hybridized carbons (Fsp3) is 0.111. The lowest BCUT2D eigenvalue weighted by Gasteiger charge is -2.16. The van der Waals surface area contributed by atoms with E-state index in [2.05, 4.69) is 39.5 Å². The third kappa shape index (κ3) is 2.71. The lowest BCUT2D eigenvalue weighted by atomic mass is 9.98. The molecule has 24 heavy (non-hydrogen) atoms. The molecule has 1 heterocycles. The summed E-state index contributed by atoms with van der Waals surface area (Å²) in [5, 5.41) is 1.97. The maximum atomic E-state index is 12.6. The van der Waals surface area contributed by atoms with Crippen LogP contribution in [0.4, 0.5) is 13.2 Å². The van der Waals surface area contributed by atoms with Gasteiger partial charge >= 0.3 is 6.36 Å². The molecule has 122 valence electrons. The quantitative estimate of drug-likeness (QED) is 0.287. The van der Waals surface area contributed by atoms with Gasteiger partial charge in [0.15, 0.2) is 0 Å². The highest BCUT2D eigenvalue weighted by Crippen LogP contribution is 2.50. The van der Waals surface area contributed by atoms with Gasteiger partial charge in [-0.15, -0.1) is 24.5 Å². The predicted octanol–water partition coefficient (Wildman–Crippen LogP) is 6.82. The van der Waals surface area contributed by atoms with Gasteiger partial charge in [-0.05, 0) is 45.8 Å². The van der Waals surface area contributed by atoms with Gasteiger partial charge in [-0.3, -0.25) is 0 Å². The van der Waals surface area contributed by atoms with Crippen LogP contribution in [0.5, 0.6) is 5.75 Å². The maximum absolute atomic E-state index is 12.6. The topological polar surface area (TPSA) is 9.23 Å². The third-order valence-electron chi connectivity index (χ3n) is 3.97. The van der Waals surface area contributed by atoms with Gasteiger partial charge in [-0.25, -0.2) is 0 Å². The summed E-state index contributed by atoms with van der Waals surface area (Å²) in [6.07, 6.45) is -4.69. The van der Waals surface area contributed by atoms with Crippen LogP contribution in [-0.4, -0.2) is 6.36 Å². The molecule has 0 N–H and O–H groups in total. The Balaban J connectivity index is 1.95. The average molecular weight is 458 g/mol. The molecule has 3 aromatic rings. The fourth-order valence-electron chi connectivity index (χ4n) is 3.01. The predicted molar refractivity (Wildman–Crippen MR) is 97.7 cm³/mol. The van der Waals surface area contributed by atoms with E-state index in [0.29, 0.717) is 0 Å². The molecule has 0 saturated heterocycles. The molecule has 0 amide bonds. The van der Waals surface area contributed by atoms with Crippen LogP contribution in [0.1, 0.15) is 15.1 Å². The Morgan fingerprint density at radius 1 is 0.917 bits per heavy atom. The minimum Gasteiger partial charge on any atom is -0.406 e. The molecule has 1 unspecified atom stereocenters. The van der Waals surface area contributed by atoms with Crippen molar-refractivity contribution in [1.29, 1.82) is 0 Å². The summed E-state index contributed by atoms with van der Waals surface area (Å²) >= 11 is 3.94. The van der Waals surface area contributed by atoms with E-state index in [9.17, 15) is 13.2 Å². The van der Waals surface area contributed by atoms with Gasteiger partial charge in [0.2, 0.25) is 0 Å². The molecule has 1 nitrogen and oxygen atoms in total. The molecule has 1 atom stereocenters. The summed E-state index contributed by atoms with van der Waals surface area (Å²) in [5.74, 6) is -0.187. The fourth-order valence-corrected chi connectivity index (χ4v) is 5.05. The van der Waals surface area contributed by atoms with E-state index in [0.717, 1.165) is 27.1 Å². The van der Waals surface area contributed by atoms with Crippen molar-refractivity contribution in [2.75, 3.05) is 0 Å². The van der Waals surface area contributed by atoms with Gasteiger partial charge in [0.05, 0.1) is 3.92 Å². The second-order valence-electron chi connectivity index (χ2n) is 5.41. The number of halogens is 4. The van der Waals surface area contributed by atoms with Gasteiger partial charge < -0.3 is 4.74 Å². The van der Waals surface area contributed by atoms with Gasteiger partial charge in [0.1, 0.15) is 5.75 Å². The molecule has 0 bridgehead atoms. The van der Waals surface area contributed by atoms with Gasteiger partial charge in [0.25, 0.3) is 0 Å². The standard InChI is InChI=1S/C18H10F3IOS/c19-18(20,21)23-10-5-6-12-15(9-10)14-7-8-24-17(14)13-4-2-1-3-11(13)16(12)22/h1-9,16H. The van der Waals surface area contributed by atoms with Crippen molar-refractivity contribution in [2.45, 2.75) is 10.3 Å². The Hall–Kier alpha value is -1.54. The van der Waals surface area contributed by atoms with Crippen LogP contribution in [0.2, 0.25) is 0 Å². The van der Waals surface area contributed by atoms with Crippen molar-refractivity contribution in [2.24, 2.45) is 0 Å². The zero-order valence-electron chi connectivity index (χ0n) is 12.1. The van der Waals surface area contributed by atoms with Crippen LogP contribution in [0.25, 0.3) is 21.6 Å². The van der Waals surface area contributed by atoms with Crippen molar-refractivity contribution in [3.63, 3.8) is 0 Å². The number of hydrogen-bond donors (Lipinski definition) is 0. The lowest BCUT2D eigenvalue weighted by Crippen LogP contribution is -2.17. The third-order valence-corrected chi connectivity index (χ3v) is 6.25. The SMILES string of the molecule is FC(F)(F)Oc1ccc2c(c1)-c1ccsc1-c1ccccc1C2I. The van der Waals surface area contributed by atoms with Crippen molar-refractivity contribution in [3.05, 3.63) is 65.0 Å². The zero-order valence-corrected chi connectivity index (χ0v) is 15.1. The number of fused-ring (bicyclic) bond motifs is 5. The van der Waals surface area contributed by atoms with Crippen molar-refractivity contribution in [1.82, 2.24) is 0 Å². The summed E-state index contributed by atoms with van der Waals surface area (Å²) in [4.78, 5) is 1.08. The maximum Gasteiger partial charge on any atom is 0.573 e. The molecule has 0 radical (unpaired) electrons. The number of ether oxygens (including phenoxy) is 1. The van der Waals surface area contributed by atoms with Crippen LogP contribution >= 0.6 is 33.9 Å². The Labute approximate surface area is 154 Å². The van der Waals surface area contributed by atoms with Crippen molar-refractivity contribution in [3.8, 4) is 27.3 Å². The zero-order chi connectivity index (χ0) is 16.9. The van der Waals surface area contributed by atoms with Gasteiger partial charge in [0, 0.05) is 10.4 Å². The van der Waals surface area contributed by atoms with E-state index in [4.69, 9.17) is 0 Å². The van der Waals surface area contributed by atoms with Gasteiger partial charge in [-0.2, -0.15) is 0 Å². The number of benzene rings is 2. The second-order valence-corrected chi connectivity index (χ2v) is 7.57. The molecule has 1 aliphatic rings. The molecule has 0 spiro atoms. The van der Waals surface area contributed by atoms with Crippen molar-refractivity contribution < 1.29 is 17.9 Å². The van der Waals surface area contributed by atoms with Crippen LogP contribution < -0.4 is 4.74 Å². The lowest BCUT2D eigenvalue weighted by molar-refractivity contribution is -0.274. The first-order valence-electron chi connectivity index (χ1n) is 7.15. The van der Waals surface area contributed by atoms with Crippen LogP contribution in [-0.2, 0) is 0 Å². The minimum absolute atomic E-state index is 0.0633. The molecular formula is C18H10F3IOS. The average Bonchev–Trinajstić information content (AvgIpc) is 2.99. The highest BCUT2D eigenvalue weighted by molar-refractivity contribution is 14.1. The summed E-state index contributed by atoms with van der Waals surface area (Å²) < 4.78 is 41.9. The molecule has 1 aromatic heterocycles. The normalized spacial score (nSPS) is 15.9. The Bertz CT molecular complexity index is 917. The molecule has 2 aromatic carbocycles. The second kappa shape index (κ2) is 5.77. The Morgan fingerprint density at radius 3 is 2.46 bits per heavy atom. The summed E-state index contributed by atoms with van der Waals surface area (Å²) in [6.45, 7) is 0. The monoisotopic (exact) mass is 458 g/mol. The Morgan fingerprint density at radius 2 is 1.67 bits per heavy atom. The number of thiophene rings is 1. The Kier molecular flexibility index (Phi) is 3.84. The number of alkyl halides is 4. The summed E-state index contributed by atoms with van der Waals surface area (Å²) in [5.41, 5.74) is 5.05.